The van der Waals surface area contributed by atoms with Crippen LogP contribution in [0.15, 0.2) is 16.7 Å². The molecule has 0 aliphatic rings. The van der Waals surface area contributed by atoms with Crippen molar-refractivity contribution < 1.29 is 13.9 Å². The minimum atomic E-state index is -0.640. The Hall–Kier alpha value is -0.960. The van der Waals surface area contributed by atoms with Crippen molar-refractivity contribution in [1.29, 1.82) is 0 Å². The number of carbonyl (C=O) groups excluding carboxylic acids is 1. The number of ether oxygens (including phenoxy) is 1. The van der Waals surface area contributed by atoms with Crippen molar-refractivity contribution >= 4 is 16.8 Å². The van der Waals surface area contributed by atoms with Crippen molar-refractivity contribution in [3.63, 3.8) is 0 Å². The molecule has 11 heavy (non-hydrogen) atoms. The van der Waals surface area contributed by atoms with Crippen molar-refractivity contribution in [3.8, 4) is 5.75 Å². The van der Waals surface area contributed by atoms with Crippen molar-refractivity contribution in [1.82, 2.24) is 0 Å². The lowest BCUT2D eigenvalue weighted by atomic mass is 10.4. The zero-order valence-corrected chi connectivity index (χ0v) is 6.72. The topological polar surface area (TPSA) is 39.4 Å². The van der Waals surface area contributed by atoms with Gasteiger partial charge in [-0.2, -0.15) is 0 Å². The number of rotatable bonds is 3. The third-order valence-electron chi connectivity index (χ3n) is 1.11. The molecule has 1 aromatic heterocycles. The second kappa shape index (κ2) is 3.44. The third kappa shape index (κ3) is 1.74. The first-order chi connectivity index (χ1) is 5.25. The molecule has 1 aromatic rings. The molecule has 0 N–H and O–H groups in total. The summed E-state index contributed by atoms with van der Waals surface area (Å²) in [5.41, 5.74) is 0. The fraction of sp³-hybridized carbons (Fsp3) is 0.286. The van der Waals surface area contributed by atoms with E-state index in [1.165, 1.54) is 6.26 Å². The number of hydrogen-bond donors (Lipinski definition) is 0. The van der Waals surface area contributed by atoms with E-state index in [4.69, 9.17) is 20.8 Å². The molecule has 0 unspecified atom stereocenters. The van der Waals surface area contributed by atoms with E-state index in [2.05, 4.69) is 0 Å². The number of halogens is 1. The van der Waals surface area contributed by atoms with E-state index >= 15 is 0 Å². The molecule has 60 valence electrons. The zero-order valence-electron chi connectivity index (χ0n) is 5.96. The van der Waals surface area contributed by atoms with E-state index in [0.717, 1.165) is 0 Å². The molecule has 1 rings (SSSR count). The molecule has 0 amide bonds. The van der Waals surface area contributed by atoms with Gasteiger partial charge in [0.1, 0.15) is 0 Å². The first-order valence-corrected chi connectivity index (χ1v) is 3.53. The second-order valence-corrected chi connectivity index (χ2v) is 2.16. The molecule has 0 bridgehead atoms. The molecule has 4 heteroatoms. The predicted octanol–water partition coefficient (Wildman–Crippen LogP) is 2.06. The molecular formula is C7H7ClO3. The van der Waals surface area contributed by atoms with Crippen LogP contribution in [0.1, 0.15) is 17.5 Å². The van der Waals surface area contributed by atoms with Gasteiger partial charge in [-0.05, 0) is 18.5 Å². The van der Waals surface area contributed by atoms with Gasteiger partial charge in [0.25, 0.3) is 5.24 Å². The maximum absolute atomic E-state index is 10.6. The minimum absolute atomic E-state index is 0.0634. The van der Waals surface area contributed by atoms with Gasteiger partial charge in [-0.3, -0.25) is 4.79 Å². The first-order valence-electron chi connectivity index (χ1n) is 3.15. The highest BCUT2D eigenvalue weighted by molar-refractivity contribution is 6.67. The lowest BCUT2D eigenvalue weighted by Gasteiger charge is -1.97. The Morgan fingerprint density at radius 2 is 2.55 bits per heavy atom. The third-order valence-corrected chi connectivity index (χ3v) is 1.28. The second-order valence-electron chi connectivity index (χ2n) is 1.82. The van der Waals surface area contributed by atoms with E-state index in [-0.39, 0.29) is 5.76 Å². The van der Waals surface area contributed by atoms with Gasteiger partial charge in [-0.25, -0.2) is 0 Å². The fourth-order valence-electron chi connectivity index (χ4n) is 0.710. The molecule has 0 radical (unpaired) electrons. The van der Waals surface area contributed by atoms with Gasteiger partial charge in [0.2, 0.25) is 5.76 Å². The predicted molar refractivity (Wildman–Crippen MR) is 40.1 cm³/mol. The molecule has 0 saturated heterocycles. The SMILES string of the molecule is CCOc1ccoc1C(=O)Cl. The Kier molecular flexibility index (Phi) is 2.54. The van der Waals surface area contributed by atoms with Gasteiger partial charge >= 0.3 is 0 Å². The zero-order chi connectivity index (χ0) is 8.27. The van der Waals surface area contributed by atoms with E-state index in [0.29, 0.717) is 12.4 Å². The number of hydrogen-bond acceptors (Lipinski definition) is 3. The van der Waals surface area contributed by atoms with Gasteiger partial charge in [-0.15, -0.1) is 0 Å². The largest absolute Gasteiger partial charge is 0.490 e. The molecular weight excluding hydrogens is 168 g/mol. The van der Waals surface area contributed by atoms with Crippen LogP contribution in [0.3, 0.4) is 0 Å². The summed E-state index contributed by atoms with van der Waals surface area (Å²) in [5, 5.41) is -0.640. The Morgan fingerprint density at radius 1 is 1.82 bits per heavy atom. The van der Waals surface area contributed by atoms with Crippen LogP contribution >= 0.6 is 11.6 Å². The lowest BCUT2D eigenvalue weighted by Crippen LogP contribution is -1.95. The highest BCUT2D eigenvalue weighted by Gasteiger charge is 2.13. The Balaban J connectivity index is 2.87. The van der Waals surface area contributed by atoms with Crippen LogP contribution in [0.25, 0.3) is 0 Å². The molecule has 0 atom stereocenters. The van der Waals surface area contributed by atoms with Crippen LogP contribution in [-0.4, -0.2) is 11.8 Å². The summed E-state index contributed by atoms with van der Waals surface area (Å²) in [4.78, 5) is 10.6. The average molecular weight is 175 g/mol. The first kappa shape index (κ1) is 8.14. The normalized spacial score (nSPS) is 9.64. The molecule has 0 fully saturated rings. The van der Waals surface area contributed by atoms with Crippen LogP contribution in [-0.2, 0) is 0 Å². The fourth-order valence-corrected chi connectivity index (χ4v) is 0.848. The summed E-state index contributed by atoms with van der Waals surface area (Å²) < 4.78 is 9.81. The number of carbonyl (C=O) groups is 1. The summed E-state index contributed by atoms with van der Waals surface area (Å²) in [6.07, 6.45) is 1.36. The van der Waals surface area contributed by atoms with Crippen molar-refractivity contribution in [3.05, 3.63) is 18.1 Å². The van der Waals surface area contributed by atoms with E-state index in [1.54, 1.807) is 6.07 Å². The monoisotopic (exact) mass is 174 g/mol. The number of furan rings is 1. The van der Waals surface area contributed by atoms with Crippen molar-refractivity contribution in [2.75, 3.05) is 6.61 Å². The average Bonchev–Trinajstić information content (AvgIpc) is 2.36. The lowest BCUT2D eigenvalue weighted by molar-refractivity contribution is 0.105. The summed E-state index contributed by atoms with van der Waals surface area (Å²) in [5.74, 6) is 0.459. The van der Waals surface area contributed by atoms with Crippen molar-refractivity contribution in [2.24, 2.45) is 0 Å². The van der Waals surface area contributed by atoms with E-state index in [1.807, 2.05) is 6.92 Å². The minimum Gasteiger partial charge on any atom is -0.490 e. The standard InChI is InChI=1S/C7H7ClO3/c1-2-10-5-3-4-11-6(5)7(8)9/h3-4H,2H2,1H3. The summed E-state index contributed by atoms with van der Waals surface area (Å²) in [7, 11) is 0. The highest BCUT2D eigenvalue weighted by atomic mass is 35.5. The van der Waals surface area contributed by atoms with Gasteiger partial charge in [-0.1, -0.05) is 0 Å². The van der Waals surface area contributed by atoms with E-state index < -0.39 is 5.24 Å². The van der Waals surface area contributed by atoms with Gasteiger partial charge in [0.15, 0.2) is 5.75 Å². The summed E-state index contributed by atoms with van der Waals surface area (Å²) in [6.45, 7) is 2.30. The molecule has 0 aliphatic heterocycles. The van der Waals surface area contributed by atoms with Crippen LogP contribution in [0.5, 0.6) is 5.75 Å². The van der Waals surface area contributed by atoms with Gasteiger partial charge < -0.3 is 9.15 Å². The van der Waals surface area contributed by atoms with Gasteiger partial charge in [0.05, 0.1) is 12.9 Å². The van der Waals surface area contributed by atoms with Crippen molar-refractivity contribution in [2.45, 2.75) is 6.92 Å². The van der Waals surface area contributed by atoms with Crippen LogP contribution < -0.4 is 4.74 Å². The van der Waals surface area contributed by atoms with Crippen LogP contribution in [0.4, 0.5) is 0 Å². The summed E-state index contributed by atoms with van der Waals surface area (Å²) in [6, 6.07) is 1.55. The van der Waals surface area contributed by atoms with E-state index in [9.17, 15) is 4.79 Å². The van der Waals surface area contributed by atoms with Gasteiger partial charge in [0, 0.05) is 6.07 Å². The molecule has 1 heterocycles. The molecule has 0 spiro atoms. The Labute approximate surface area is 68.9 Å². The van der Waals surface area contributed by atoms with Crippen LogP contribution in [0.2, 0.25) is 0 Å². The highest BCUT2D eigenvalue weighted by Crippen LogP contribution is 2.21. The molecule has 0 aromatic carbocycles. The van der Waals surface area contributed by atoms with Crippen LogP contribution in [0, 0.1) is 0 Å². The molecule has 0 aliphatic carbocycles. The summed E-state index contributed by atoms with van der Waals surface area (Å²) >= 11 is 5.17. The Morgan fingerprint density at radius 3 is 3.09 bits per heavy atom. The quantitative estimate of drug-likeness (QED) is 0.659. The molecule has 0 saturated carbocycles. The maximum atomic E-state index is 10.6. The smallest absolute Gasteiger partial charge is 0.291 e. The maximum Gasteiger partial charge on any atom is 0.291 e. The Bertz CT molecular complexity index is 254. The molecule has 3 nitrogen and oxygen atoms in total.